The van der Waals surface area contributed by atoms with Gasteiger partial charge in [0.05, 0.1) is 152 Å². The molecule has 0 aliphatic rings. The average Bonchev–Trinajstić information content (AvgIpc) is 3.16. The summed E-state index contributed by atoms with van der Waals surface area (Å²) in [6.07, 6.45) is 9.09. The summed E-state index contributed by atoms with van der Waals surface area (Å²) in [4.78, 5) is 0. The van der Waals surface area contributed by atoms with E-state index in [1.165, 1.54) is 44.1 Å². The van der Waals surface area contributed by atoms with Gasteiger partial charge in [-0.2, -0.15) is 0 Å². The molecule has 0 bridgehead atoms. The van der Waals surface area contributed by atoms with Crippen LogP contribution in [0.3, 0.4) is 0 Å². The lowest BCUT2D eigenvalue weighted by Gasteiger charge is -2.09. The molecule has 0 unspecified atom stereocenters. The number of unbranched alkanes of at least 4 members (excludes halogenated alkanes) is 5. The summed E-state index contributed by atoms with van der Waals surface area (Å²) in [5.41, 5.74) is 1.38. The van der Waals surface area contributed by atoms with Crippen LogP contribution in [-0.2, 0) is 63.3 Å². The van der Waals surface area contributed by atoms with Crippen LogP contribution in [0.15, 0.2) is 24.3 Å². The van der Waals surface area contributed by atoms with Crippen molar-refractivity contribution in [3.8, 4) is 5.75 Å². The Labute approximate surface area is 314 Å². The van der Waals surface area contributed by atoms with Gasteiger partial charge in [0.25, 0.3) is 0 Å². The summed E-state index contributed by atoms with van der Waals surface area (Å²) >= 11 is 0. The molecule has 0 saturated heterocycles. The molecule has 0 heterocycles. The minimum absolute atomic E-state index is 0.511. The first-order valence-electron chi connectivity index (χ1n) is 19.4. The maximum absolute atomic E-state index is 5.78. The minimum atomic E-state index is 0.511. The van der Waals surface area contributed by atoms with Crippen molar-refractivity contribution in [1.29, 1.82) is 0 Å². The maximum Gasteiger partial charge on any atom is 0.119 e. The Balaban J connectivity index is 1.67. The second kappa shape index (κ2) is 42.3. The molecule has 0 radical (unpaired) electrons. The lowest BCUT2D eigenvalue weighted by atomic mass is 10.0. The van der Waals surface area contributed by atoms with Crippen LogP contribution >= 0.6 is 0 Å². The number of ether oxygens (including phenoxy) is 13. The van der Waals surface area contributed by atoms with Gasteiger partial charge < -0.3 is 61.6 Å². The molecule has 1 aromatic rings. The number of methoxy groups -OCH3 is 1. The average molecular weight is 749 g/mol. The monoisotopic (exact) mass is 748 g/mol. The highest BCUT2D eigenvalue weighted by Crippen LogP contribution is 2.15. The fourth-order valence-corrected chi connectivity index (χ4v) is 4.52. The zero-order valence-electron chi connectivity index (χ0n) is 32.5. The molecule has 13 nitrogen and oxygen atoms in total. The van der Waals surface area contributed by atoms with E-state index in [9.17, 15) is 0 Å². The molecular formula is C39H72O13. The van der Waals surface area contributed by atoms with Crippen LogP contribution in [0, 0.1) is 0 Å². The van der Waals surface area contributed by atoms with E-state index in [0.717, 1.165) is 12.2 Å². The molecule has 0 atom stereocenters. The highest BCUT2D eigenvalue weighted by atomic mass is 16.6. The molecular weight excluding hydrogens is 676 g/mol. The number of hydrogen-bond acceptors (Lipinski definition) is 13. The van der Waals surface area contributed by atoms with Crippen molar-refractivity contribution in [2.45, 2.75) is 51.9 Å². The van der Waals surface area contributed by atoms with Crippen LogP contribution in [-0.4, -0.2) is 166 Å². The summed E-state index contributed by atoms with van der Waals surface area (Å²) in [5.74, 6) is 0.885. The summed E-state index contributed by atoms with van der Waals surface area (Å²) in [7, 11) is 1.65. The molecule has 0 aliphatic heterocycles. The molecule has 13 heteroatoms. The SMILES string of the molecule is CCCCCCCCc1ccc(OCCOCCOCCOCCOCCOCCOCCOCCOCCOCCOCCOCCOC)cc1. The molecule has 0 fully saturated rings. The Bertz CT molecular complexity index is 803. The van der Waals surface area contributed by atoms with E-state index in [1.807, 2.05) is 0 Å². The van der Waals surface area contributed by atoms with Crippen molar-refractivity contribution < 1.29 is 61.6 Å². The van der Waals surface area contributed by atoms with Gasteiger partial charge in [0.2, 0.25) is 0 Å². The summed E-state index contributed by atoms with van der Waals surface area (Å²) in [6, 6.07) is 8.44. The largest absolute Gasteiger partial charge is 0.491 e. The van der Waals surface area contributed by atoms with E-state index < -0.39 is 0 Å². The van der Waals surface area contributed by atoms with Crippen LogP contribution in [0.4, 0.5) is 0 Å². The van der Waals surface area contributed by atoms with E-state index in [1.54, 1.807) is 7.11 Å². The minimum Gasteiger partial charge on any atom is -0.491 e. The van der Waals surface area contributed by atoms with Crippen LogP contribution in [0.2, 0.25) is 0 Å². The summed E-state index contributed by atoms with van der Waals surface area (Å²) < 4.78 is 71.0. The van der Waals surface area contributed by atoms with E-state index in [4.69, 9.17) is 61.6 Å². The van der Waals surface area contributed by atoms with Crippen molar-refractivity contribution in [1.82, 2.24) is 0 Å². The van der Waals surface area contributed by atoms with Crippen molar-refractivity contribution in [3.63, 3.8) is 0 Å². The highest BCUT2D eigenvalue weighted by molar-refractivity contribution is 5.27. The third kappa shape index (κ3) is 36.9. The Hall–Kier alpha value is -1.46. The molecule has 1 rings (SSSR count). The summed E-state index contributed by atoms with van der Waals surface area (Å²) in [6.45, 7) is 14.9. The first-order chi connectivity index (χ1) is 25.9. The molecule has 306 valence electrons. The van der Waals surface area contributed by atoms with Gasteiger partial charge >= 0.3 is 0 Å². The Morgan fingerprint density at radius 3 is 0.942 bits per heavy atom. The number of hydrogen-bond donors (Lipinski definition) is 0. The van der Waals surface area contributed by atoms with Gasteiger partial charge in [-0.05, 0) is 30.5 Å². The van der Waals surface area contributed by atoms with E-state index >= 15 is 0 Å². The second-order valence-electron chi connectivity index (χ2n) is 11.7. The predicted molar refractivity (Wildman–Crippen MR) is 200 cm³/mol. The topological polar surface area (TPSA) is 120 Å². The van der Waals surface area contributed by atoms with Gasteiger partial charge in [-0.1, -0.05) is 51.2 Å². The van der Waals surface area contributed by atoms with E-state index in [-0.39, 0.29) is 0 Å². The fourth-order valence-electron chi connectivity index (χ4n) is 4.52. The van der Waals surface area contributed by atoms with Crippen LogP contribution in [0.25, 0.3) is 0 Å². The van der Waals surface area contributed by atoms with Gasteiger partial charge in [-0.15, -0.1) is 0 Å². The lowest BCUT2D eigenvalue weighted by Crippen LogP contribution is -2.15. The van der Waals surface area contributed by atoms with Crippen molar-refractivity contribution in [2.24, 2.45) is 0 Å². The Kier molecular flexibility index (Phi) is 39.5. The molecule has 0 saturated carbocycles. The molecule has 0 aliphatic carbocycles. The maximum atomic E-state index is 5.78. The molecule has 0 amide bonds. The van der Waals surface area contributed by atoms with Crippen LogP contribution < -0.4 is 4.74 Å². The Morgan fingerprint density at radius 1 is 0.327 bits per heavy atom. The van der Waals surface area contributed by atoms with Crippen LogP contribution in [0.5, 0.6) is 5.75 Å². The quantitative estimate of drug-likeness (QED) is 0.0852. The second-order valence-corrected chi connectivity index (χ2v) is 11.7. The summed E-state index contributed by atoms with van der Waals surface area (Å²) in [5, 5.41) is 0. The normalized spacial score (nSPS) is 11.5. The van der Waals surface area contributed by atoms with Crippen molar-refractivity contribution in [3.05, 3.63) is 29.8 Å². The third-order valence-corrected chi connectivity index (χ3v) is 7.39. The third-order valence-electron chi connectivity index (χ3n) is 7.39. The smallest absolute Gasteiger partial charge is 0.119 e. The number of benzene rings is 1. The zero-order chi connectivity index (χ0) is 37.1. The van der Waals surface area contributed by atoms with E-state index in [2.05, 4.69) is 31.2 Å². The first-order valence-corrected chi connectivity index (χ1v) is 19.4. The molecule has 52 heavy (non-hydrogen) atoms. The number of aryl methyl sites for hydroxylation is 1. The molecule has 0 N–H and O–H groups in total. The van der Waals surface area contributed by atoms with E-state index in [0.29, 0.717) is 159 Å². The zero-order valence-corrected chi connectivity index (χ0v) is 32.5. The van der Waals surface area contributed by atoms with Gasteiger partial charge in [-0.25, -0.2) is 0 Å². The van der Waals surface area contributed by atoms with Gasteiger partial charge in [0.15, 0.2) is 0 Å². The molecule has 0 aromatic heterocycles. The standard InChI is InChI=1S/C39H72O13/c1-3-4-5-6-7-8-9-38-10-12-39(13-11-38)52-37-36-51-35-34-50-33-32-49-31-30-48-29-28-47-27-26-46-25-24-45-23-22-44-21-20-43-19-18-42-17-16-41-15-14-40-2/h10-13H,3-9,14-37H2,1-2H3. The van der Waals surface area contributed by atoms with Crippen molar-refractivity contribution in [2.75, 3.05) is 166 Å². The number of rotatable bonds is 44. The van der Waals surface area contributed by atoms with Gasteiger partial charge in [0, 0.05) is 7.11 Å². The Morgan fingerprint density at radius 2 is 0.615 bits per heavy atom. The molecule has 1 aromatic carbocycles. The lowest BCUT2D eigenvalue weighted by molar-refractivity contribution is -0.0282. The van der Waals surface area contributed by atoms with Crippen molar-refractivity contribution >= 4 is 0 Å². The van der Waals surface area contributed by atoms with Gasteiger partial charge in [-0.3, -0.25) is 0 Å². The predicted octanol–water partition coefficient (Wildman–Crippen LogP) is 4.80. The first kappa shape index (κ1) is 48.6. The highest BCUT2D eigenvalue weighted by Gasteiger charge is 1.99. The molecule has 0 spiro atoms. The fraction of sp³-hybridized carbons (Fsp3) is 0.846. The van der Waals surface area contributed by atoms with Crippen LogP contribution in [0.1, 0.15) is 51.0 Å². The van der Waals surface area contributed by atoms with Gasteiger partial charge in [0.1, 0.15) is 12.4 Å².